The van der Waals surface area contributed by atoms with Crippen molar-refractivity contribution in [1.29, 1.82) is 0 Å². The molecule has 2 aromatic rings. The van der Waals surface area contributed by atoms with E-state index in [1.807, 2.05) is 17.5 Å². The largest absolute Gasteiger partial charge is 0.246 e. The van der Waals surface area contributed by atoms with Crippen LogP contribution in [0.4, 0.5) is 4.39 Å². The van der Waals surface area contributed by atoms with Crippen LogP contribution in [-0.4, -0.2) is 19.8 Å². The van der Waals surface area contributed by atoms with E-state index in [1.54, 1.807) is 6.92 Å². The quantitative estimate of drug-likeness (QED) is 0.806. The molecule has 0 radical (unpaired) electrons. The Morgan fingerprint density at radius 3 is 2.60 bits per heavy atom. The number of benzene rings is 1. The molecule has 1 aromatic carbocycles. The SMILES string of the molecule is CC(c1cccs1)N(C)S(=O)(=O)c1ccc(Br)cc1F. The molecule has 0 N–H and O–H groups in total. The van der Waals surface area contributed by atoms with Crippen LogP contribution in [0.3, 0.4) is 0 Å². The van der Waals surface area contributed by atoms with E-state index in [1.165, 1.54) is 34.8 Å². The number of hydrogen-bond donors (Lipinski definition) is 0. The zero-order chi connectivity index (χ0) is 14.9. The van der Waals surface area contributed by atoms with E-state index in [0.29, 0.717) is 4.47 Å². The van der Waals surface area contributed by atoms with Gasteiger partial charge in [0.1, 0.15) is 10.7 Å². The van der Waals surface area contributed by atoms with Crippen molar-refractivity contribution in [2.45, 2.75) is 17.9 Å². The molecule has 0 spiro atoms. The fraction of sp³-hybridized carbons (Fsp3) is 0.231. The predicted molar refractivity (Wildman–Crippen MR) is 81.8 cm³/mol. The summed E-state index contributed by atoms with van der Waals surface area (Å²) in [5, 5.41) is 1.88. The molecule has 3 nitrogen and oxygen atoms in total. The average Bonchev–Trinajstić information content (AvgIpc) is 2.90. The van der Waals surface area contributed by atoms with Crippen LogP contribution in [-0.2, 0) is 10.0 Å². The van der Waals surface area contributed by atoms with Crippen molar-refractivity contribution >= 4 is 37.3 Å². The van der Waals surface area contributed by atoms with Crippen molar-refractivity contribution in [3.05, 3.63) is 50.9 Å². The van der Waals surface area contributed by atoms with Crippen LogP contribution in [0, 0.1) is 5.82 Å². The summed E-state index contributed by atoms with van der Waals surface area (Å²) in [5.41, 5.74) is 0. The molecule has 2 rings (SSSR count). The fourth-order valence-electron chi connectivity index (χ4n) is 1.76. The lowest BCUT2D eigenvalue weighted by molar-refractivity contribution is 0.399. The van der Waals surface area contributed by atoms with Gasteiger partial charge >= 0.3 is 0 Å². The molecular formula is C13H13BrFNO2S2. The van der Waals surface area contributed by atoms with Crippen LogP contribution in [0.25, 0.3) is 0 Å². The van der Waals surface area contributed by atoms with Gasteiger partial charge in [-0.2, -0.15) is 4.31 Å². The molecule has 0 aliphatic heterocycles. The Balaban J connectivity index is 2.39. The van der Waals surface area contributed by atoms with Crippen molar-refractivity contribution in [1.82, 2.24) is 4.31 Å². The molecular weight excluding hydrogens is 365 g/mol. The third kappa shape index (κ3) is 2.95. The van der Waals surface area contributed by atoms with Gasteiger partial charge in [-0.25, -0.2) is 12.8 Å². The van der Waals surface area contributed by atoms with E-state index in [2.05, 4.69) is 15.9 Å². The number of nitrogens with zero attached hydrogens (tertiary/aromatic N) is 1. The standard InChI is InChI=1S/C13H13BrFNO2S2/c1-9(12-4-3-7-19-12)16(2)20(17,18)13-6-5-10(14)8-11(13)15/h3-9H,1-2H3. The Bertz CT molecular complexity index is 701. The normalized spacial score (nSPS) is 13.7. The maximum absolute atomic E-state index is 13.9. The molecule has 1 aromatic heterocycles. The van der Waals surface area contributed by atoms with Crippen LogP contribution < -0.4 is 0 Å². The summed E-state index contributed by atoms with van der Waals surface area (Å²) < 4.78 is 40.5. The highest BCUT2D eigenvalue weighted by atomic mass is 79.9. The molecule has 20 heavy (non-hydrogen) atoms. The summed E-state index contributed by atoms with van der Waals surface area (Å²) in [7, 11) is -2.41. The van der Waals surface area contributed by atoms with Crippen molar-refractivity contribution in [2.75, 3.05) is 7.05 Å². The van der Waals surface area contributed by atoms with E-state index >= 15 is 0 Å². The third-order valence-corrected chi connectivity index (χ3v) is 6.55. The van der Waals surface area contributed by atoms with Crippen LogP contribution in [0.5, 0.6) is 0 Å². The Morgan fingerprint density at radius 1 is 1.35 bits per heavy atom. The van der Waals surface area contributed by atoms with Crippen LogP contribution in [0.1, 0.15) is 17.8 Å². The molecule has 1 unspecified atom stereocenters. The summed E-state index contributed by atoms with van der Waals surface area (Å²) in [4.78, 5) is 0.597. The highest BCUT2D eigenvalue weighted by Gasteiger charge is 2.29. The minimum absolute atomic E-state index is 0.313. The maximum atomic E-state index is 13.9. The third-order valence-electron chi connectivity index (χ3n) is 3.05. The van der Waals surface area contributed by atoms with Gasteiger partial charge in [0.25, 0.3) is 0 Å². The van der Waals surface area contributed by atoms with E-state index in [9.17, 15) is 12.8 Å². The summed E-state index contributed by atoms with van der Waals surface area (Å²) in [6.45, 7) is 1.78. The van der Waals surface area contributed by atoms with E-state index in [0.717, 1.165) is 10.9 Å². The first-order chi connectivity index (χ1) is 9.34. The summed E-state index contributed by atoms with van der Waals surface area (Å²) >= 11 is 4.58. The number of hydrogen-bond acceptors (Lipinski definition) is 3. The lowest BCUT2D eigenvalue weighted by atomic mass is 10.3. The zero-order valence-electron chi connectivity index (χ0n) is 10.9. The Hall–Kier alpha value is -0.760. The molecule has 1 heterocycles. The number of rotatable bonds is 4. The first-order valence-corrected chi connectivity index (χ1v) is 8.92. The lowest BCUT2D eigenvalue weighted by Gasteiger charge is -2.23. The van der Waals surface area contributed by atoms with Gasteiger partial charge < -0.3 is 0 Å². The molecule has 1 atom stereocenters. The minimum atomic E-state index is -3.87. The maximum Gasteiger partial charge on any atom is 0.246 e. The van der Waals surface area contributed by atoms with Crippen LogP contribution >= 0.6 is 27.3 Å². The predicted octanol–water partition coefficient (Wildman–Crippen LogP) is 4.03. The van der Waals surface area contributed by atoms with Gasteiger partial charge in [0.05, 0.1) is 6.04 Å². The number of halogens is 2. The first kappa shape index (κ1) is 15.6. The molecule has 7 heteroatoms. The first-order valence-electron chi connectivity index (χ1n) is 5.80. The molecule has 0 saturated heterocycles. The second-order valence-corrected chi connectivity index (χ2v) is 8.15. The van der Waals surface area contributed by atoms with Crippen molar-refractivity contribution < 1.29 is 12.8 Å². The number of sulfonamides is 1. The molecule has 0 aliphatic carbocycles. The molecule has 0 saturated carbocycles. The second kappa shape index (κ2) is 5.93. The molecule has 0 aliphatic rings. The monoisotopic (exact) mass is 377 g/mol. The van der Waals surface area contributed by atoms with Gasteiger partial charge in [-0.15, -0.1) is 11.3 Å². The van der Waals surface area contributed by atoms with Crippen molar-refractivity contribution in [3.8, 4) is 0 Å². The summed E-state index contributed by atoms with van der Waals surface area (Å²) in [6, 6.07) is 7.31. The second-order valence-electron chi connectivity index (χ2n) is 4.29. The number of thiophene rings is 1. The van der Waals surface area contributed by atoms with Crippen molar-refractivity contribution in [2.24, 2.45) is 0 Å². The van der Waals surface area contributed by atoms with Gasteiger partial charge in [0.2, 0.25) is 10.0 Å². The minimum Gasteiger partial charge on any atom is -0.207 e. The zero-order valence-corrected chi connectivity index (χ0v) is 14.1. The van der Waals surface area contributed by atoms with Gasteiger partial charge in [-0.3, -0.25) is 0 Å². The summed E-state index contributed by atoms with van der Waals surface area (Å²) in [6.07, 6.45) is 0. The van der Waals surface area contributed by atoms with Crippen molar-refractivity contribution in [3.63, 3.8) is 0 Å². The highest BCUT2D eigenvalue weighted by Crippen LogP contribution is 2.30. The van der Waals surface area contributed by atoms with Crippen LogP contribution in [0.2, 0.25) is 0 Å². The molecule has 0 amide bonds. The van der Waals surface area contributed by atoms with Gasteiger partial charge in [0.15, 0.2) is 0 Å². The average molecular weight is 378 g/mol. The Morgan fingerprint density at radius 2 is 2.05 bits per heavy atom. The summed E-state index contributed by atoms with van der Waals surface area (Å²) in [5.74, 6) is -0.760. The molecule has 0 bridgehead atoms. The van der Waals surface area contributed by atoms with E-state index in [4.69, 9.17) is 0 Å². The van der Waals surface area contributed by atoms with Crippen LogP contribution in [0.15, 0.2) is 45.1 Å². The topological polar surface area (TPSA) is 37.4 Å². The van der Waals surface area contributed by atoms with Gasteiger partial charge in [-0.05, 0) is 36.6 Å². The van der Waals surface area contributed by atoms with Gasteiger partial charge in [0, 0.05) is 16.4 Å². The van der Waals surface area contributed by atoms with Gasteiger partial charge in [-0.1, -0.05) is 22.0 Å². The Labute approximate surface area is 130 Å². The fourth-order valence-corrected chi connectivity index (χ4v) is 4.37. The highest BCUT2D eigenvalue weighted by molar-refractivity contribution is 9.10. The van der Waals surface area contributed by atoms with E-state index < -0.39 is 15.8 Å². The lowest BCUT2D eigenvalue weighted by Crippen LogP contribution is -2.30. The van der Waals surface area contributed by atoms with E-state index in [-0.39, 0.29) is 10.9 Å². The molecule has 108 valence electrons. The molecule has 0 fully saturated rings. The Kier molecular flexibility index (Phi) is 4.63. The smallest absolute Gasteiger partial charge is 0.207 e.